The number of aliphatic hydroxyl groups excluding tert-OH is 1. The van der Waals surface area contributed by atoms with E-state index in [4.69, 9.17) is 37.0 Å². The molecule has 0 aromatic rings. The van der Waals surface area contributed by atoms with Gasteiger partial charge in [0.2, 0.25) is 0 Å². The number of carbonyl (C=O) groups excluding carboxylic acids is 4. The molecule has 88 heavy (non-hydrogen) atoms. The quantitative estimate of drug-likeness (QED) is 0.0222. The molecule has 522 valence electrons. The molecule has 0 spiro atoms. The van der Waals surface area contributed by atoms with Gasteiger partial charge in [-0.1, -0.05) is 298 Å². The minimum absolute atomic E-state index is 0.107. The van der Waals surface area contributed by atoms with Crippen molar-refractivity contribution in [2.24, 2.45) is 11.8 Å². The van der Waals surface area contributed by atoms with Crippen molar-refractivity contribution in [3.8, 4) is 0 Å². The van der Waals surface area contributed by atoms with E-state index in [0.29, 0.717) is 25.7 Å². The lowest BCUT2D eigenvalue weighted by molar-refractivity contribution is -0.161. The Morgan fingerprint density at radius 1 is 0.330 bits per heavy atom. The van der Waals surface area contributed by atoms with Gasteiger partial charge < -0.3 is 33.8 Å². The molecule has 0 fully saturated rings. The topological polar surface area (TPSA) is 237 Å². The number of rotatable bonds is 68. The average Bonchev–Trinajstić information content (AvgIpc) is 3.71. The highest BCUT2D eigenvalue weighted by atomic mass is 31.2. The van der Waals surface area contributed by atoms with Gasteiger partial charge in [0.1, 0.15) is 19.3 Å². The van der Waals surface area contributed by atoms with Gasteiger partial charge in [-0.3, -0.25) is 37.3 Å². The molecular formula is C69H134O17P2. The first-order valence-electron chi connectivity index (χ1n) is 36.0. The Kier molecular flexibility index (Phi) is 59.9. The van der Waals surface area contributed by atoms with Crippen molar-refractivity contribution in [2.45, 2.75) is 368 Å². The van der Waals surface area contributed by atoms with Crippen LogP contribution in [0, 0.1) is 11.8 Å². The fraction of sp³-hybridized carbons (Fsp3) is 0.942. The van der Waals surface area contributed by atoms with E-state index in [1.807, 2.05) is 0 Å². The molecule has 0 amide bonds. The Labute approximate surface area is 537 Å². The van der Waals surface area contributed by atoms with Crippen LogP contribution in [0.5, 0.6) is 0 Å². The number of esters is 4. The molecule has 0 heterocycles. The number of ether oxygens (including phenoxy) is 4. The third kappa shape index (κ3) is 61.6. The summed E-state index contributed by atoms with van der Waals surface area (Å²) in [7, 11) is -9.89. The fourth-order valence-corrected chi connectivity index (χ4v) is 12.0. The highest BCUT2D eigenvalue weighted by molar-refractivity contribution is 7.47. The van der Waals surface area contributed by atoms with E-state index in [2.05, 4.69) is 41.5 Å². The second-order valence-corrected chi connectivity index (χ2v) is 28.5. The predicted molar refractivity (Wildman–Crippen MR) is 354 cm³/mol. The summed E-state index contributed by atoms with van der Waals surface area (Å²) < 4.78 is 68.1. The van der Waals surface area contributed by atoms with Gasteiger partial charge in [-0.15, -0.1) is 0 Å². The maximum Gasteiger partial charge on any atom is 0.472 e. The van der Waals surface area contributed by atoms with Crippen LogP contribution >= 0.6 is 15.6 Å². The number of carbonyl (C=O) groups is 4. The zero-order chi connectivity index (χ0) is 65.0. The lowest BCUT2D eigenvalue weighted by Gasteiger charge is -2.21. The average molecular weight is 1300 g/mol. The zero-order valence-electron chi connectivity index (χ0n) is 57.0. The van der Waals surface area contributed by atoms with Crippen LogP contribution in [0.3, 0.4) is 0 Å². The minimum Gasteiger partial charge on any atom is -0.462 e. The second kappa shape index (κ2) is 61.3. The first-order valence-corrected chi connectivity index (χ1v) is 39.0. The smallest absolute Gasteiger partial charge is 0.462 e. The van der Waals surface area contributed by atoms with Gasteiger partial charge in [-0.25, -0.2) is 9.13 Å². The van der Waals surface area contributed by atoms with Crippen LogP contribution < -0.4 is 0 Å². The molecule has 3 N–H and O–H groups in total. The molecule has 3 unspecified atom stereocenters. The zero-order valence-corrected chi connectivity index (χ0v) is 58.8. The molecule has 0 aliphatic heterocycles. The van der Waals surface area contributed by atoms with Gasteiger partial charge in [-0.05, 0) is 37.5 Å². The van der Waals surface area contributed by atoms with Crippen molar-refractivity contribution in [3.63, 3.8) is 0 Å². The number of phosphoric ester groups is 2. The predicted octanol–water partition coefficient (Wildman–Crippen LogP) is 19.6. The molecule has 0 aliphatic rings. The number of aliphatic hydroxyl groups is 1. The summed E-state index contributed by atoms with van der Waals surface area (Å²) in [5.74, 6) is -0.549. The first-order chi connectivity index (χ1) is 42.4. The summed E-state index contributed by atoms with van der Waals surface area (Å²) in [4.78, 5) is 72.3. The van der Waals surface area contributed by atoms with Crippen LogP contribution in [0.25, 0.3) is 0 Å². The number of hydrogen-bond acceptors (Lipinski definition) is 15. The number of unbranched alkanes of at least 4 members (excludes halogenated alkanes) is 37. The second-order valence-electron chi connectivity index (χ2n) is 25.6. The van der Waals surface area contributed by atoms with Crippen LogP contribution in [0.4, 0.5) is 0 Å². The van der Waals surface area contributed by atoms with E-state index in [9.17, 15) is 43.2 Å². The van der Waals surface area contributed by atoms with Gasteiger partial charge in [0.15, 0.2) is 12.2 Å². The molecule has 0 saturated carbocycles. The third-order valence-corrected chi connectivity index (χ3v) is 18.2. The molecule has 0 rings (SSSR count). The van der Waals surface area contributed by atoms with Gasteiger partial charge >= 0.3 is 39.5 Å². The Morgan fingerprint density at radius 3 is 0.864 bits per heavy atom. The van der Waals surface area contributed by atoms with Gasteiger partial charge in [0.25, 0.3) is 0 Å². The minimum atomic E-state index is -4.95. The molecule has 0 radical (unpaired) electrons. The van der Waals surface area contributed by atoms with Crippen molar-refractivity contribution < 1.29 is 80.2 Å². The number of hydrogen-bond donors (Lipinski definition) is 3. The summed E-state index contributed by atoms with van der Waals surface area (Å²) in [6.07, 6.45) is 46.0. The third-order valence-electron chi connectivity index (χ3n) is 16.3. The van der Waals surface area contributed by atoms with E-state index in [1.54, 1.807) is 0 Å². The lowest BCUT2D eigenvalue weighted by Crippen LogP contribution is -2.30. The summed E-state index contributed by atoms with van der Waals surface area (Å²) in [6, 6.07) is 0. The Balaban J connectivity index is 5.17. The molecule has 19 heteroatoms. The van der Waals surface area contributed by atoms with E-state index >= 15 is 0 Å². The molecular weight excluding hydrogens is 1160 g/mol. The maximum absolute atomic E-state index is 13.0. The SMILES string of the molecule is CCCCCCCCCCCCCCCCC(=O)O[C@H](COC(=O)CCCCCCC)COP(=O)(O)OC[C@H](O)COP(=O)(O)OC[C@@H](COC(=O)CCCCCCCCCCCCC(C)CC)OC(=O)CCCCCCCCCCCCCCC(C)C. The highest BCUT2D eigenvalue weighted by Crippen LogP contribution is 2.45. The van der Waals surface area contributed by atoms with Crippen molar-refractivity contribution in [1.82, 2.24) is 0 Å². The highest BCUT2D eigenvalue weighted by Gasteiger charge is 2.30. The molecule has 0 bridgehead atoms. The normalized spacial score (nSPS) is 14.5. The van der Waals surface area contributed by atoms with Crippen LogP contribution in [-0.2, 0) is 65.4 Å². The molecule has 17 nitrogen and oxygen atoms in total. The summed E-state index contributed by atoms with van der Waals surface area (Å²) in [5, 5.41) is 10.6. The summed E-state index contributed by atoms with van der Waals surface area (Å²) in [6.45, 7) is 9.50. The number of phosphoric acid groups is 2. The van der Waals surface area contributed by atoms with Gasteiger partial charge in [0, 0.05) is 25.7 Å². The Bertz CT molecular complexity index is 1720. The maximum atomic E-state index is 13.0. The standard InChI is InChI=1S/C69H134O17P2/c1-7-10-12-14-15-16-17-18-19-23-30-35-41-47-53-68(73)85-64(57-79-66(71)51-45-37-13-11-8-2)59-83-87(75,76)81-55-63(70)56-82-88(77,78)84-60-65(58-80-67(72)52-46-40-34-29-26-25-28-33-39-44-50-62(6)9-3)86-69(74)54-48-42-36-31-24-21-20-22-27-32-38-43-49-61(4)5/h61-65,70H,7-60H2,1-6H3,(H,75,76)(H,77,78)/t62?,63-,64+,65+/m0/s1. The van der Waals surface area contributed by atoms with Crippen molar-refractivity contribution in [2.75, 3.05) is 39.6 Å². The molecule has 0 aromatic carbocycles. The largest absolute Gasteiger partial charge is 0.472 e. The van der Waals surface area contributed by atoms with E-state index < -0.39 is 97.5 Å². The lowest BCUT2D eigenvalue weighted by atomic mass is 9.99. The molecule has 0 saturated heterocycles. The van der Waals surface area contributed by atoms with E-state index in [-0.39, 0.29) is 25.7 Å². The van der Waals surface area contributed by atoms with Crippen LogP contribution in [0.15, 0.2) is 0 Å². The summed E-state index contributed by atoms with van der Waals surface area (Å²) >= 11 is 0. The van der Waals surface area contributed by atoms with Crippen molar-refractivity contribution in [3.05, 3.63) is 0 Å². The molecule has 0 aromatic heterocycles. The van der Waals surface area contributed by atoms with Gasteiger partial charge in [-0.2, -0.15) is 0 Å². The Hall–Kier alpha value is -1.94. The van der Waals surface area contributed by atoms with Crippen LogP contribution in [0.2, 0.25) is 0 Å². The van der Waals surface area contributed by atoms with Crippen molar-refractivity contribution in [1.29, 1.82) is 0 Å². The monoisotopic (exact) mass is 1300 g/mol. The summed E-state index contributed by atoms with van der Waals surface area (Å²) in [5.41, 5.74) is 0. The molecule has 0 aliphatic carbocycles. The molecule has 6 atom stereocenters. The van der Waals surface area contributed by atoms with E-state index in [0.717, 1.165) is 108 Å². The van der Waals surface area contributed by atoms with E-state index in [1.165, 1.54) is 161 Å². The van der Waals surface area contributed by atoms with Gasteiger partial charge in [0.05, 0.1) is 26.4 Å². The van der Waals surface area contributed by atoms with Crippen LogP contribution in [-0.4, -0.2) is 96.7 Å². The Morgan fingerprint density at radius 2 is 0.580 bits per heavy atom. The van der Waals surface area contributed by atoms with Crippen LogP contribution in [0.1, 0.15) is 350 Å². The first kappa shape index (κ1) is 86.1. The van der Waals surface area contributed by atoms with Crippen molar-refractivity contribution >= 4 is 39.5 Å². The fourth-order valence-electron chi connectivity index (χ4n) is 10.4.